The maximum atomic E-state index is 4.00. The van der Waals surface area contributed by atoms with Gasteiger partial charge in [0, 0.05) is 5.75 Å². The Morgan fingerprint density at radius 2 is 2.14 bits per heavy atom. The molecule has 1 aromatic rings. The first-order chi connectivity index (χ1) is 6.75. The standard InChI is InChI=1S/C9H18N4S/c1-4-5-6-7-14-9-10-11-12-13(9)8(2)3/h8H,4-7H2,1-3H3. The third kappa shape index (κ3) is 3.29. The Morgan fingerprint density at radius 3 is 2.79 bits per heavy atom. The van der Waals surface area contributed by atoms with Crippen molar-refractivity contribution in [3.8, 4) is 0 Å². The summed E-state index contributed by atoms with van der Waals surface area (Å²) in [6.07, 6.45) is 3.79. The number of rotatable bonds is 6. The van der Waals surface area contributed by atoms with E-state index in [0.29, 0.717) is 6.04 Å². The van der Waals surface area contributed by atoms with Crippen LogP contribution >= 0.6 is 11.8 Å². The monoisotopic (exact) mass is 214 g/mol. The minimum absolute atomic E-state index is 0.346. The summed E-state index contributed by atoms with van der Waals surface area (Å²) in [6.45, 7) is 6.39. The van der Waals surface area contributed by atoms with Crippen LogP contribution in [0.5, 0.6) is 0 Å². The fraction of sp³-hybridized carbons (Fsp3) is 0.889. The average Bonchev–Trinajstić information content (AvgIpc) is 2.60. The molecule has 0 aliphatic carbocycles. The van der Waals surface area contributed by atoms with Crippen molar-refractivity contribution in [2.45, 2.75) is 51.2 Å². The van der Waals surface area contributed by atoms with Crippen LogP contribution in [0.4, 0.5) is 0 Å². The van der Waals surface area contributed by atoms with Gasteiger partial charge in [0.15, 0.2) is 0 Å². The number of nitrogens with zero attached hydrogens (tertiary/aromatic N) is 4. The molecule has 0 atom stereocenters. The van der Waals surface area contributed by atoms with E-state index in [2.05, 4.69) is 36.3 Å². The summed E-state index contributed by atoms with van der Waals surface area (Å²) < 4.78 is 1.87. The van der Waals surface area contributed by atoms with E-state index in [4.69, 9.17) is 0 Å². The Bertz CT molecular complexity index is 259. The highest BCUT2D eigenvalue weighted by molar-refractivity contribution is 7.99. The number of thioether (sulfide) groups is 1. The predicted octanol–water partition coefficient (Wildman–Crippen LogP) is 2.54. The third-order valence-corrected chi connectivity index (χ3v) is 2.95. The van der Waals surface area contributed by atoms with Gasteiger partial charge in [0.25, 0.3) is 0 Å². The maximum Gasteiger partial charge on any atom is 0.209 e. The van der Waals surface area contributed by atoms with Gasteiger partial charge < -0.3 is 0 Å². The molecule has 0 aliphatic rings. The highest BCUT2D eigenvalue weighted by atomic mass is 32.2. The molecular weight excluding hydrogens is 196 g/mol. The Labute approximate surface area is 89.5 Å². The summed E-state index contributed by atoms with van der Waals surface area (Å²) >= 11 is 1.75. The van der Waals surface area contributed by atoms with Gasteiger partial charge in [-0.1, -0.05) is 31.5 Å². The molecule has 0 bridgehead atoms. The second kappa shape index (κ2) is 6.01. The molecule has 0 amide bonds. The van der Waals surface area contributed by atoms with Gasteiger partial charge in [-0.2, -0.15) is 0 Å². The van der Waals surface area contributed by atoms with Crippen LogP contribution < -0.4 is 0 Å². The molecule has 0 aliphatic heterocycles. The minimum Gasteiger partial charge on any atom is -0.218 e. The summed E-state index contributed by atoms with van der Waals surface area (Å²) in [6, 6.07) is 0.346. The zero-order valence-electron chi connectivity index (χ0n) is 9.10. The summed E-state index contributed by atoms with van der Waals surface area (Å²) in [5.41, 5.74) is 0. The van der Waals surface area contributed by atoms with Crippen molar-refractivity contribution >= 4 is 11.8 Å². The van der Waals surface area contributed by atoms with Crippen molar-refractivity contribution in [2.24, 2.45) is 0 Å². The molecule has 4 nitrogen and oxygen atoms in total. The summed E-state index contributed by atoms with van der Waals surface area (Å²) in [5, 5.41) is 12.6. The fourth-order valence-electron chi connectivity index (χ4n) is 1.12. The van der Waals surface area contributed by atoms with Gasteiger partial charge in [0.05, 0.1) is 6.04 Å². The van der Waals surface area contributed by atoms with Gasteiger partial charge >= 0.3 is 0 Å². The molecule has 0 unspecified atom stereocenters. The van der Waals surface area contributed by atoms with Gasteiger partial charge in [0.2, 0.25) is 5.16 Å². The van der Waals surface area contributed by atoms with Crippen molar-refractivity contribution in [3.63, 3.8) is 0 Å². The molecule has 0 saturated heterocycles. The van der Waals surface area contributed by atoms with Gasteiger partial charge in [0.1, 0.15) is 0 Å². The van der Waals surface area contributed by atoms with Crippen LogP contribution in [-0.4, -0.2) is 26.0 Å². The molecule has 0 N–H and O–H groups in total. The van der Waals surface area contributed by atoms with Crippen molar-refractivity contribution in [1.29, 1.82) is 0 Å². The van der Waals surface area contributed by atoms with Crippen LogP contribution in [0.15, 0.2) is 5.16 Å². The highest BCUT2D eigenvalue weighted by Gasteiger charge is 2.08. The number of tetrazole rings is 1. The number of unbranched alkanes of at least 4 members (excludes halogenated alkanes) is 2. The molecule has 0 radical (unpaired) electrons. The van der Waals surface area contributed by atoms with Gasteiger partial charge in [-0.3, -0.25) is 0 Å². The smallest absolute Gasteiger partial charge is 0.209 e. The summed E-state index contributed by atoms with van der Waals surface area (Å²) in [4.78, 5) is 0. The largest absolute Gasteiger partial charge is 0.218 e. The van der Waals surface area contributed by atoms with Crippen LogP contribution in [0.1, 0.15) is 46.1 Å². The van der Waals surface area contributed by atoms with E-state index in [1.54, 1.807) is 11.8 Å². The first kappa shape index (κ1) is 11.5. The van der Waals surface area contributed by atoms with E-state index in [-0.39, 0.29) is 0 Å². The van der Waals surface area contributed by atoms with E-state index >= 15 is 0 Å². The highest BCUT2D eigenvalue weighted by Crippen LogP contribution is 2.18. The van der Waals surface area contributed by atoms with Crippen molar-refractivity contribution < 1.29 is 0 Å². The fourth-order valence-corrected chi connectivity index (χ4v) is 2.12. The first-order valence-corrected chi connectivity index (χ1v) is 6.15. The van der Waals surface area contributed by atoms with Crippen LogP contribution in [-0.2, 0) is 0 Å². The van der Waals surface area contributed by atoms with Gasteiger partial charge in [-0.05, 0) is 30.7 Å². The van der Waals surface area contributed by atoms with E-state index in [1.807, 2.05) is 4.68 Å². The number of hydrogen-bond donors (Lipinski definition) is 0. The lowest BCUT2D eigenvalue weighted by Crippen LogP contribution is -2.04. The lowest BCUT2D eigenvalue weighted by Gasteiger charge is -2.06. The molecule has 0 fully saturated rings. The van der Waals surface area contributed by atoms with E-state index in [1.165, 1.54) is 19.3 Å². The first-order valence-electron chi connectivity index (χ1n) is 5.16. The average molecular weight is 214 g/mol. The van der Waals surface area contributed by atoms with E-state index in [9.17, 15) is 0 Å². The molecule has 0 aromatic carbocycles. The molecular formula is C9H18N4S. The lowest BCUT2D eigenvalue weighted by molar-refractivity contribution is 0.477. The second-order valence-corrected chi connectivity index (χ2v) is 4.62. The topological polar surface area (TPSA) is 43.6 Å². The Morgan fingerprint density at radius 1 is 1.36 bits per heavy atom. The zero-order valence-corrected chi connectivity index (χ0v) is 9.92. The van der Waals surface area contributed by atoms with Crippen molar-refractivity contribution in [3.05, 3.63) is 0 Å². The summed E-state index contributed by atoms with van der Waals surface area (Å²) in [5.74, 6) is 1.11. The number of aromatic nitrogens is 4. The Balaban J connectivity index is 2.38. The van der Waals surface area contributed by atoms with Gasteiger partial charge in [-0.25, -0.2) is 4.68 Å². The third-order valence-electron chi connectivity index (χ3n) is 1.93. The quantitative estimate of drug-likeness (QED) is 0.539. The predicted molar refractivity (Wildman–Crippen MR) is 58.5 cm³/mol. The van der Waals surface area contributed by atoms with E-state index < -0.39 is 0 Å². The molecule has 80 valence electrons. The molecule has 1 aromatic heterocycles. The molecule has 1 heterocycles. The van der Waals surface area contributed by atoms with E-state index in [0.717, 1.165) is 10.9 Å². The van der Waals surface area contributed by atoms with Crippen molar-refractivity contribution in [2.75, 3.05) is 5.75 Å². The SMILES string of the molecule is CCCCCSc1nnnn1C(C)C. The minimum atomic E-state index is 0.346. The normalized spacial score (nSPS) is 11.1. The summed E-state index contributed by atoms with van der Waals surface area (Å²) in [7, 11) is 0. The van der Waals surface area contributed by atoms with Gasteiger partial charge in [-0.15, -0.1) is 5.10 Å². The van der Waals surface area contributed by atoms with Crippen LogP contribution in [0.3, 0.4) is 0 Å². The van der Waals surface area contributed by atoms with Crippen molar-refractivity contribution in [1.82, 2.24) is 20.2 Å². The van der Waals surface area contributed by atoms with Crippen LogP contribution in [0.25, 0.3) is 0 Å². The molecule has 0 saturated carbocycles. The van der Waals surface area contributed by atoms with Crippen LogP contribution in [0, 0.1) is 0 Å². The lowest BCUT2D eigenvalue weighted by atomic mass is 10.3. The molecule has 1 rings (SSSR count). The molecule has 0 spiro atoms. The number of hydrogen-bond acceptors (Lipinski definition) is 4. The van der Waals surface area contributed by atoms with Crippen LogP contribution in [0.2, 0.25) is 0 Å². The second-order valence-electron chi connectivity index (χ2n) is 3.56. The Hall–Kier alpha value is -0.580. The maximum absolute atomic E-state index is 4.00. The Kier molecular flexibility index (Phi) is 4.93. The zero-order chi connectivity index (χ0) is 10.4. The molecule has 14 heavy (non-hydrogen) atoms. The molecule has 5 heteroatoms.